The van der Waals surface area contributed by atoms with Gasteiger partial charge in [-0.15, -0.1) is 0 Å². The van der Waals surface area contributed by atoms with E-state index in [1.165, 1.54) is 0 Å². The van der Waals surface area contributed by atoms with Gasteiger partial charge in [0.1, 0.15) is 0 Å². The lowest BCUT2D eigenvalue weighted by molar-refractivity contribution is 0.0792. The molecular formula is C10H12N2O. The van der Waals surface area contributed by atoms with E-state index in [9.17, 15) is 4.79 Å². The molecule has 0 N–H and O–H groups in total. The molecule has 1 fully saturated rings. The lowest BCUT2D eigenvalue weighted by Crippen LogP contribution is -2.27. The van der Waals surface area contributed by atoms with Crippen LogP contribution in [0.25, 0.3) is 0 Å². The van der Waals surface area contributed by atoms with Crippen LogP contribution >= 0.6 is 0 Å². The molecule has 2 rings (SSSR count). The predicted octanol–water partition coefficient (Wildman–Crippen LogP) is 1.32. The third-order valence-electron chi connectivity index (χ3n) is 2.30. The predicted molar refractivity (Wildman–Crippen MR) is 49.4 cm³/mol. The Balaban J connectivity index is 2.13. The highest BCUT2D eigenvalue weighted by Gasteiger charge is 2.18. The molecule has 1 amide bonds. The monoisotopic (exact) mass is 176 g/mol. The van der Waals surface area contributed by atoms with Crippen molar-refractivity contribution in [3.8, 4) is 0 Å². The number of pyridine rings is 1. The van der Waals surface area contributed by atoms with Crippen LogP contribution in [0, 0.1) is 0 Å². The second kappa shape index (κ2) is 3.56. The van der Waals surface area contributed by atoms with Gasteiger partial charge in [-0.25, -0.2) is 0 Å². The van der Waals surface area contributed by atoms with Gasteiger partial charge >= 0.3 is 0 Å². The maximum atomic E-state index is 11.7. The van der Waals surface area contributed by atoms with E-state index in [-0.39, 0.29) is 5.91 Å². The van der Waals surface area contributed by atoms with Crippen LogP contribution in [0.2, 0.25) is 0 Å². The Morgan fingerprint density at radius 1 is 1.38 bits per heavy atom. The molecule has 1 saturated heterocycles. The van der Waals surface area contributed by atoms with Gasteiger partial charge in [0.05, 0.1) is 5.56 Å². The molecule has 3 heteroatoms. The summed E-state index contributed by atoms with van der Waals surface area (Å²) in [7, 11) is 0. The molecule has 13 heavy (non-hydrogen) atoms. The largest absolute Gasteiger partial charge is 0.339 e. The summed E-state index contributed by atoms with van der Waals surface area (Å²) < 4.78 is 0. The molecule has 68 valence electrons. The number of hydrogen-bond acceptors (Lipinski definition) is 2. The van der Waals surface area contributed by atoms with Crippen LogP contribution in [0.3, 0.4) is 0 Å². The van der Waals surface area contributed by atoms with Crippen molar-refractivity contribution in [1.82, 2.24) is 9.88 Å². The molecule has 1 aromatic heterocycles. The van der Waals surface area contributed by atoms with E-state index in [0.717, 1.165) is 25.9 Å². The number of nitrogens with zero attached hydrogens (tertiary/aromatic N) is 2. The average molecular weight is 176 g/mol. The first-order valence-electron chi connectivity index (χ1n) is 4.57. The Hall–Kier alpha value is -1.38. The van der Waals surface area contributed by atoms with Crippen LogP contribution in [-0.2, 0) is 0 Å². The van der Waals surface area contributed by atoms with Gasteiger partial charge in [0, 0.05) is 25.5 Å². The van der Waals surface area contributed by atoms with E-state index in [1.807, 2.05) is 11.0 Å². The molecular weight excluding hydrogens is 164 g/mol. The summed E-state index contributed by atoms with van der Waals surface area (Å²) >= 11 is 0. The minimum absolute atomic E-state index is 0.116. The van der Waals surface area contributed by atoms with Crippen molar-refractivity contribution in [2.75, 3.05) is 13.1 Å². The minimum Gasteiger partial charge on any atom is -0.339 e. The fraction of sp³-hybridized carbons (Fsp3) is 0.400. The van der Waals surface area contributed by atoms with Crippen LogP contribution in [0.1, 0.15) is 23.2 Å². The van der Waals surface area contributed by atoms with E-state index in [2.05, 4.69) is 4.98 Å². The van der Waals surface area contributed by atoms with Crippen molar-refractivity contribution in [1.29, 1.82) is 0 Å². The van der Waals surface area contributed by atoms with Crippen LogP contribution in [-0.4, -0.2) is 28.9 Å². The van der Waals surface area contributed by atoms with E-state index in [1.54, 1.807) is 18.5 Å². The van der Waals surface area contributed by atoms with E-state index >= 15 is 0 Å². The first-order valence-corrected chi connectivity index (χ1v) is 4.57. The zero-order valence-electron chi connectivity index (χ0n) is 7.44. The lowest BCUT2D eigenvalue weighted by atomic mass is 10.2. The van der Waals surface area contributed by atoms with Crippen LogP contribution in [0.15, 0.2) is 24.5 Å². The van der Waals surface area contributed by atoms with Crippen LogP contribution in [0.5, 0.6) is 0 Å². The third kappa shape index (κ3) is 1.69. The Labute approximate surface area is 77.4 Å². The highest BCUT2D eigenvalue weighted by atomic mass is 16.2. The Bertz CT molecular complexity index is 291. The number of likely N-dealkylation sites (tertiary alicyclic amines) is 1. The van der Waals surface area contributed by atoms with Crippen molar-refractivity contribution in [3.05, 3.63) is 30.1 Å². The van der Waals surface area contributed by atoms with E-state index < -0.39 is 0 Å². The van der Waals surface area contributed by atoms with Gasteiger partial charge in [-0.1, -0.05) is 0 Å². The normalized spacial score (nSPS) is 16.2. The Kier molecular flexibility index (Phi) is 2.25. The molecule has 0 atom stereocenters. The number of carbonyl (C=O) groups excluding carboxylic acids is 1. The fourth-order valence-corrected chi connectivity index (χ4v) is 1.59. The van der Waals surface area contributed by atoms with Crippen molar-refractivity contribution < 1.29 is 4.79 Å². The number of amides is 1. The molecule has 1 aliphatic heterocycles. The molecule has 1 aliphatic rings. The zero-order valence-corrected chi connectivity index (χ0v) is 7.44. The number of aromatic nitrogens is 1. The topological polar surface area (TPSA) is 33.2 Å². The summed E-state index contributed by atoms with van der Waals surface area (Å²) in [5, 5.41) is 0. The highest BCUT2D eigenvalue weighted by Crippen LogP contribution is 2.11. The quantitative estimate of drug-likeness (QED) is 0.646. The number of carbonyl (C=O) groups is 1. The zero-order chi connectivity index (χ0) is 9.10. The lowest BCUT2D eigenvalue weighted by Gasteiger charge is -2.14. The summed E-state index contributed by atoms with van der Waals surface area (Å²) in [6.07, 6.45) is 5.57. The molecule has 1 aromatic rings. The van der Waals surface area contributed by atoms with Crippen molar-refractivity contribution in [2.24, 2.45) is 0 Å². The second-order valence-corrected chi connectivity index (χ2v) is 3.24. The van der Waals surface area contributed by atoms with E-state index in [0.29, 0.717) is 5.56 Å². The van der Waals surface area contributed by atoms with Crippen LogP contribution < -0.4 is 0 Å². The van der Waals surface area contributed by atoms with Crippen molar-refractivity contribution in [2.45, 2.75) is 12.8 Å². The summed E-state index contributed by atoms with van der Waals surface area (Å²) in [5.74, 6) is 0.116. The molecule has 0 unspecified atom stereocenters. The first kappa shape index (κ1) is 8.23. The SMILES string of the molecule is O=C(c1cccnc1)N1CCCC1. The van der Waals surface area contributed by atoms with Gasteiger partial charge in [0.2, 0.25) is 0 Å². The van der Waals surface area contributed by atoms with Gasteiger partial charge in [-0.05, 0) is 25.0 Å². The first-order chi connectivity index (χ1) is 6.38. The number of rotatable bonds is 1. The van der Waals surface area contributed by atoms with Gasteiger partial charge in [0.15, 0.2) is 0 Å². The van der Waals surface area contributed by atoms with Crippen molar-refractivity contribution in [3.63, 3.8) is 0 Å². The maximum Gasteiger partial charge on any atom is 0.255 e. The van der Waals surface area contributed by atoms with Gasteiger partial charge in [-0.3, -0.25) is 9.78 Å². The maximum absolute atomic E-state index is 11.7. The molecule has 0 aromatic carbocycles. The van der Waals surface area contributed by atoms with Crippen LogP contribution in [0.4, 0.5) is 0 Å². The van der Waals surface area contributed by atoms with Gasteiger partial charge < -0.3 is 4.90 Å². The Morgan fingerprint density at radius 3 is 2.77 bits per heavy atom. The third-order valence-corrected chi connectivity index (χ3v) is 2.30. The highest BCUT2D eigenvalue weighted by molar-refractivity contribution is 5.93. The second-order valence-electron chi connectivity index (χ2n) is 3.24. The number of hydrogen-bond donors (Lipinski definition) is 0. The summed E-state index contributed by atoms with van der Waals surface area (Å²) in [6.45, 7) is 1.79. The molecule has 0 radical (unpaired) electrons. The minimum atomic E-state index is 0.116. The fourth-order valence-electron chi connectivity index (χ4n) is 1.59. The molecule has 2 heterocycles. The molecule has 0 bridgehead atoms. The van der Waals surface area contributed by atoms with Crippen molar-refractivity contribution >= 4 is 5.91 Å². The smallest absolute Gasteiger partial charge is 0.255 e. The Morgan fingerprint density at radius 2 is 2.15 bits per heavy atom. The standard InChI is InChI=1S/C10H12N2O/c13-10(12-6-1-2-7-12)9-4-3-5-11-8-9/h3-5,8H,1-2,6-7H2. The summed E-state index contributed by atoms with van der Waals surface area (Å²) in [4.78, 5) is 17.5. The van der Waals surface area contributed by atoms with Gasteiger partial charge in [-0.2, -0.15) is 0 Å². The van der Waals surface area contributed by atoms with E-state index in [4.69, 9.17) is 0 Å². The molecule has 0 aliphatic carbocycles. The molecule has 0 saturated carbocycles. The van der Waals surface area contributed by atoms with Gasteiger partial charge in [0.25, 0.3) is 5.91 Å². The average Bonchev–Trinajstić information content (AvgIpc) is 2.71. The summed E-state index contributed by atoms with van der Waals surface area (Å²) in [6, 6.07) is 3.61. The molecule has 0 spiro atoms. The summed E-state index contributed by atoms with van der Waals surface area (Å²) in [5.41, 5.74) is 0.699. The molecule has 3 nitrogen and oxygen atoms in total.